The van der Waals surface area contributed by atoms with E-state index in [0.29, 0.717) is 0 Å². The van der Waals surface area contributed by atoms with Gasteiger partial charge in [0.15, 0.2) is 0 Å². The Morgan fingerprint density at radius 3 is 2.38 bits per heavy atom. The average molecular weight is 343 g/mol. The molecule has 0 aliphatic heterocycles. The minimum Gasteiger partial charge on any atom is -0.460 e. The minimum atomic E-state index is -1.02. The van der Waals surface area contributed by atoms with Crippen molar-refractivity contribution in [3.8, 4) is 0 Å². The van der Waals surface area contributed by atoms with Gasteiger partial charge in [-0.25, -0.2) is 4.79 Å². The van der Waals surface area contributed by atoms with E-state index in [0.717, 1.165) is 0 Å². The monoisotopic (exact) mass is 343 g/mol. The van der Waals surface area contributed by atoms with Gasteiger partial charge in [0.2, 0.25) is 11.8 Å². The molecule has 0 aromatic carbocycles. The number of nitrogens with two attached hydrogens (primary N) is 1. The molecule has 0 spiro atoms. The maximum Gasteiger partial charge on any atom is 0.328 e. The second kappa shape index (κ2) is 12.2. The largest absolute Gasteiger partial charge is 0.460 e. The Labute approximate surface area is 140 Å². The third-order valence-corrected chi connectivity index (χ3v) is 2.90. The molecule has 0 aromatic rings. The highest BCUT2D eigenvalue weighted by Gasteiger charge is 2.27. The molecule has 0 saturated carbocycles. The van der Waals surface area contributed by atoms with Gasteiger partial charge in [0, 0.05) is 13.5 Å². The van der Waals surface area contributed by atoms with Gasteiger partial charge in [-0.05, 0) is 13.3 Å². The molecule has 0 rings (SSSR count). The Kier molecular flexibility index (Phi) is 11.0. The lowest BCUT2D eigenvalue weighted by Crippen LogP contribution is -2.54. The first-order valence-corrected chi connectivity index (χ1v) is 7.41. The van der Waals surface area contributed by atoms with Gasteiger partial charge >= 0.3 is 5.97 Å². The molecule has 0 heterocycles. The minimum absolute atomic E-state index is 0.0172. The Morgan fingerprint density at radius 1 is 1.21 bits per heavy atom. The van der Waals surface area contributed by atoms with Gasteiger partial charge in [-0.2, -0.15) is 0 Å². The molecule has 4 N–H and O–H groups in total. The van der Waals surface area contributed by atoms with Crippen LogP contribution in [0.25, 0.3) is 0 Å². The maximum absolute atomic E-state index is 12.3. The van der Waals surface area contributed by atoms with Crippen LogP contribution in [0.3, 0.4) is 0 Å². The number of Topliss-reactive ketones (excluding diaryl/α,β-unsaturated/α-hetero) is 1. The Hall–Kier alpha value is -2.26. The van der Waals surface area contributed by atoms with Crippen LogP contribution in [-0.4, -0.2) is 62.5 Å². The van der Waals surface area contributed by atoms with Crippen molar-refractivity contribution < 1.29 is 28.7 Å². The zero-order valence-corrected chi connectivity index (χ0v) is 14.0. The number of hydrogen-bond donors (Lipinski definition) is 3. The lowest BCUT2D eigenvalue weighted by atomic mass is 10.1. The summed E-state index contributed by atoms with van der Waals surface area (Å²) in [5.74, 6) is -1.99. The number of ether oxygens (including phenoxy) is 2. The molecule has 0 saturated heterocycles. The Morgan fingerprint density at radius 2 is 1.88 bits per heavy atom. The third kappa shape index (κ3) is 9.01. The fourth-order valence-corrected chi connectivity index (χ4v) is 1.71. The highest BCUT2D eigenvalue weighted by atomic mass is 16.5. The van der Waals surface area contributed by atoms with E-state index >= 15 is 0 Å². The van der Waals surface area contributed by atoms with Gasteiger partial charge in [0.05, 0.1) is 13.2 Å². The molecule has 9 heteroatoms. The molecule has 24 heavy (non-hydrogen) atoms. The number of nitrogens with one attached hydrogen (secondary N) is 2. The number of methoxy groups -OCH3 is 1. The molecule has 2 unspecified atom stereocenters. The molecule has 0 aromatic heterocycles. The number of hydrogen-bond acceptors (Lipinski definition) is 7. The van der Waals surface area contributed by atoms with Gasteiger partial charge in [-0.1, -0.05) is 12.7 Å². The van der Waals surface area contributed by atoms with E-state index in [-0.39, 0.29) is 38.4 Å². The quantitative estimate of drug-likeness (QED) is 0.294. The summed E-state index contributed by atoms with van der Waals surface area (Å²) in [7, 11) is 1.36. The van der Waals surface area contributed by atoms with Gasteiger partial charge in [-0.15, -0.1) is 0 Å². The second-order valence-corrected chi connectivity index (χ2v) is 5.00. The van der Waals surface area contributed by atoms with Crippen LogP contribution in [0, 0.1) is 0 Å². The normalized spacial score (nSPS) is 12.6. The zero-order chi connectivity index (χ0) is 18.5. The van der Waals surface area contributed by atoms with Crippen molar-refractivity contribution in [2.45, 2.75) is 31.8 Å². The lowest BCUT2D eigenvalue weighted by Gasteiger charge is -2.21. The molecule has 2 amide bonds. The molecule has 0 radical (unpaired) electrons. The summed E-state index contributed by atoms with van der Waals surface area (Å²) in [5.41, 5.74) is 5.20. The lowest BCUT2D eigenvalue weighted by molar-refractivity contribution is -0.147. The standard InChI is InChI=1S/C15H25N3O6/c1-4-7-24-15(22)11(6-5-10(2)19)18-14(21)12(9-23-3)17-13(20)8-16/h4,11-12H,1,5-9,16H2,2-3H3,(H,17,20)(H,18,21). The van der Waals surface area contributed by atoms with Crippen molar-refractivity contribution in [2.75, 3.05) is 26.9 Å². The number of rotatable bonds is 12. The van der Waals surface area contributed by atoms with Crippen molar-refractivity contribution >= 4 is 23.6 Å². The van der Waals surface area contributed by atoms with E-state index in [4.69, 9.17) is 15.2 Å². The summed E-state index contributed by atoms with van der Waals surface area (Å²) in [4.78, 5) is 46.7. The third-order valence-electron chi connectivity index (χ3n) is 2.90. The Bertz CT molecular complexity index is 466. The van der Waals surface area contributed by atoms with Crippen molar-refractivity contribution in [1.82, 2.24) is 10.6 Å². The van der Waals surface area contributed by atoms with Crippen LogP contribution in [0.2, 0.25) is 0 Å². The fraction of sp³-hybridized carbons (Fsp3) is 0.600. The molecular weight excluding hydrogens is 318 g/mol. The highest BCUT2D eigenvalue weighted by Crippen LogP contribution is 2.03. The number of ketones is 1. The number of carbonyl (C=O) groups excluding carboxylic acids is 4. The van der Waals surface area contributed by atoms with Crippen molar-refractivity contribution in [3.63, 3.8) is 0 Å². The maximum atomic E-state index is 12.3. The van der Waals surface area contributed by atoms with E-state index in [2.05, 4.69) is 17.2 Å². The SMILES string of the molecule is C=CCOC(=O)C(CCC(C)=O)NC(=O)C(COC)NC(=O)CN. The van der Waals surface area contributed by atoms with Crippen LogP contribution in [-0.2, 0) is 28.7 Å². The second-order valence-electron chi connectivity index (χ2n) is 5.00. The first kappa shape index (κ1) is 21.7. The smallest absolute Gasteiger partial charge is 0.328 e. The molecule has 0 aliphatic rings. The van der Waals surface area contributed by atoms with E-state index in [1.165, 1.54) is 20.1 Å². The number of amides is 2. The molecule has 0 bridgehead atoms. The summed E-state index contributed by atoms with van der Waals surface area (Å²) in [6.45, 7) is 4.40. The van der Waals surface area contributed by atoms with Crippen molar-refractivity contribution in [1.29, 1.82) is 0 Å². The van der Waals surface area contributed by atoms with Crippen molar-refractivity contribution in [2.24, 2.45) is 5.73 Å². The van der Waals surface area contributed by atoms with Gasteiger partial charge < -0.3 is 30.6 Å². The number of carbonyl (C=O) groups is 4. The van der Waals surface area contributed by atoms with E-state index in [1.807, 2.05) is 0 Å². The summed E-state index contributed by atoms with van der Waals surface area (Å²) in [5, 5.41) is 4.84. The van der Waals surface area contributed by atoms with Crippen LogP contribution in [0.4, 0.5) is 0 Å². The fourth-order valence-electron chi connectivity index (χ4n) is 1.71. The summed E-state index contributed by atoms with van der Waals surface area (Å²) < 4.78 is 9.78. The van der Waals surface area contributed by atoms with Crippen LogP contribution in [0.5, 0.6) is 0 Å². The molecule has 2 atom stereocenters. The first-order valence-electron chi connectivity index (χ1n) is 7.41. The van der Waals surface area contributed by atoms with Gasteiger partial charge in [0.25, 0.3) is 0 Å². The summed E-state index contributed by atoms with van der Waals surface area (Å²) >= 11 is 0. The van der Waals surface area contributed by atoms with Crippen LogP contribution in [0.1, 0.15) is 19.8 Å². The predicted octanol–water partition coefficient (Wildman–Crippen LogP) is -1.34. The highest BCUT2D eigenvalue weighted by molar-refractivity contribution is 5.91. The topological polar surface area (TPSA) is 137 Å². The molecule has 9 nitrogen and oxygen atoms in total. The van der Waals surface area contributed by atoms with Crippen molar-refractivity contribution in [3.05, 3.63) is 12.7 Å². The van der Waals surface area contributed by atoms with E-state index in [1.54, 1.807) is 0 Å². The molecule has 0 fully saturated rings. The predicted molar refractivity (Wildman–Crippen MR) is 85.9 cm³/mol. The first-order chi connectivity index (χ1) is 11.3. The van der Waals surface area contributed by atoms with Gasteiger partial charge in [0.1, 0.15) is 24.5 Å². The molecule has 136 valence electrons. The molecule has 0 aliphatic carbocycles. The number of esters is 1. The molecular formula is C15H25N3O6. The van der Waals surface area contributed by atoms with E-state index in [9.17, 15) is 19.2 Å². The average Bonchev–Trinajstić information content (AvgIpc) is 2.55. The van der Waals surface area contributed by atoms with Crippen LogP contribution < -0.4 is 16.4 Å². The van der Waals surface area contributed by atoms with Crippen LogP contribution >= 0.6 is 0 Å². The van der Waals surface area contributed by atoms with E-state index < -0.39 is 29.9 Å². The summed E-state index contributed by atoms with van der Waals surface area (Å²) in [6, 6.07) is -2.03. The zero-order valence-electron chi connectivity index (χ0n) is 14.0. The van der Waals surface area contributed by atoms with Crippen LogP contribution in [0.15, 0.2) is 12.7 Å². The van der Waals surface area contributed by atoms with Gasteiger partial charge in [-0.3, -0.25) is 9.59 Å². The Balaban J connectivity index is 4.94. The summed E-state index contributed by atoms with van der Waals surface area (Å²) in [6.07, 6.45) is 1.57.